The molecule has 0 spiro atoms. The van der Waals surface area contributed by atoms with Crippen LogP contribution in [-0.2, 0) is 26.2 Å². The maximum absolute atomic E-state index is 14.1. The van der Waals surface area contributed by atoms with E-state index in [4.69, 9.17) is 0 Å². The van der Waals surface area contributed by atoms with Gasteiger partial charge in [0.05, 0.1) is 10.6 Å². The predicted octanol–water partition coefficient (Wildman–Crippen LogP) is 5.22. The summed E-state index contributed by atoms with van der Waals surface area (Å²) < 4.78 is 28.8. The van der Waals surface area contributed by atoms with Gasteiger partial charge in [0.15, 0.2) is 0 Å². The lowest BCUT2D eigenvalue weighted by atomic mass is 10.1. The predicted molar refractivity (Wildman–Crippen MR) is 156 cm³/mol. The number of sulfonamides is 1. The van der Waals surface area contributed by atoms with E-state index in [1.807, 2.05) is 64.1 Å². The minimum Gasteiger partial charge on any atom is -0.354 e. The zero-order valence-electron chi connectivity index (χ0n) is 23.3. The van der Waals surface area contributed by atoms with E-state index in [2.05, 4.69) is 5.32 Å². The van der Waals surface area contributed by atoms with Crippen molar-refractivity contribution in [2.24, 2.45) is 0 Å². The molecular formula is C31H39N3O4S. The highest BCUT2D eigenvalue weighted by atomic mass is 32.2. The average molecular weight is 550 g/mol. The molecule has 0 aliphatic heterocycles. The standard InChI is InChI=1S/C31H39N3O4S/c1-5-7-21-32-31(36)29(6-2)33(22-26-14-12-11-13-25(26)4)30(35)23-34(27-19-17-24(3)18-20-27)39(37,38)28-15-9-8-10-16-28/h8-20,29H,5-7,21-23H2,1-4H3,(H,32,36). The van der Waals surface area contributed by atoms with E-state index in [1.54, 1.807) is 30.3 Å². The summed E-state index contributed by atoms with van der Waals surface area (Å²) in [4.78, 5) is 28.9. The number of anilines is 1. The zero-order valence-corrected chi connectivity index (χ0v) is 24.1. The van der Waals surface area contributed by atoms with Crippen LogP contribution in [0.5, 0.6) is 0 Å². The highest BCUT2D eigenvalue weighted by molar-refractivity contribution is 7.92. The molecule has 0 radical (unpaired) electrons. The van der Waals surface area contributed by atoms with Crippen LogP contribution < -0.4 is 9.62 Å². The normalized spacial score (nSPS) is 12.0. The molecule has 1 N–H and O–H groups in total. The van der Waals surface area contributed by atoms with Gasteiger partial charge in [-0.2, -0.15) is 0 Å². The lowest BCUT2D eigenvalue weighted by Gasteiger charge is -2.33. The molecule has 2 amide bonds. The number of amides is 2. The Bertz CT molecular complexity index is 1340. The third kappa shape index (κ3) is 7.69. The van der Waals surface area contributed by atoms with Crippen molar-refractivity contribution < 1.29 is 18.0 Å². The first-order valence-corrected chi connectivity index (χ1v) is 14.9. The molecule has 39 heavy (non-hydrogen) atoms. The first-order chi connectivity index (χ1) is 18.7. The fourth-order valence-corrected chi connectivity index (χ4v) is 5.79. The number of hydrogen-bond acceptors (Lipinski definition) is 4. The first kappa shape index (κ1) is 29.9. The summed E-state index contributed by atoms with van der Waals surface area (Å²) in [5.74, 6) is -0.684. The molecule has 0 saturated carbocycles. The second-order valence-corrected chi connectivity index (χ2v) is 11.5. The van der Waals surface area contributed by atoms with Gasteiger partial charge in [-0.05, 0) is 62.1 Å². The first-order valence-electron chi connectivity index (χ1n) is 13.4. The van der Waals surface area contributed by atoms with Crippen molar-refractivity contribution >= 4 is 27.5 Å². The fourth-order valence-electron chi connectivity index (χ4n) is 4.36. The number of benzene rings is 3. The molecule has 3 aromatic carbocycles. The molecule has 8 heteroatoms. The number of aryl methyl sites for hydroxylation is 2. The van der Waals surface area contributed by atoms with Gasteiger partial charge in [0, 0.05) is 13.1 Å². The van der Waals surface area contributed by atoms with Crippen molar-refractivity contribution in [2.45, 2.75) is 64.4 Å². The number of hydrogen-bond donors (Lipinski definition) is 1. The summed E-state index contributed by atoms with van der Waals surface area (Å²) in [7, 11) is -4.06. The molecule has 0 heterocycles. The van der Waals surface area contributed by atoms with E-state index in [-0.39, 0.29) is 17.3 Å². The Morgan fingerprint density at radius 2 is 1.51 bits per heavy atom. The van der Waals surface area contributed by atoms with Crippen molar-refractivity contribution in [3.63, 3.8) is 0 Å². The molecule has 0 aliphatic carbocycles. The van der Waals surface area contributed by atoms with Gasteiger partial charge >= 0.3 is 0 Å². The summed E-state index contributed by atoms with van der Waals surface area (Å²) in [6.07, 6.45) is 2.17. The second kappa shape index (κ2) is 13.9. The molecule has 0 aliphatic rings. The molecule has 3 rings (SSSR count). The topological polar surface area (TPSA) is 86.8 Å². The summed E-state index contributed by atoms with van der Waals surface area (Å²) in [6, 6.07) is 22.1. The highest BCUT2D eigenvalue weighted by Crippen LogP contribution is 2.25. The molecule has 7 nitrogen and oxygen atoms in total. The van der Waals surface area contributed by atoms with Gasteiger partial charge < -0.3 is 10.2 Å². The van der Waals surface area contributed by atoms with Crippen LogP contribution in [0.2, 0.25) is 0 Å². The van der Waals surface area contributed by atoms with E-state index >= 15 is 0 Å². The van der Waals surface area contributed by atoms with Crippen LogP contribution in [0.1, 0.15) is 49.8 Å². The molecular weight excluding hydrogens is 510 g/mol. The second-order valence-electron chi connectivity index (χ2n) is 9.68. The average Bonchev–Trinajstić information content (AvgIpc) is 2.93. The fraction of sp³-hybridized carbons (Fsp3) is 0.355. The van der Waals surface area contributed by atoms with E-state index in [1.165, 1.54) is 17.0 Å². The maximum Gasteiger partial charge on any atom is 0.264 e. The molecule has 0 aromatic heterocycles. The van der Waals surface area contributed by atoms with E-state index in [0.717, 1.165) is 33.8 Å². The molecule has 0 saturated heterocycles. The van der Waals surface area contributed by atoms with Crippen LogP contribution in [0.4, 0.5) is 5.69 Å². The Kier molecular flexibility index (Phi) is 10.7. The number of carbonyl (C=O) groups excluding carboxylic acids is 2. The Labute approximate surface area is 232 Å². The number of carbonyl (C=O) groups is 2. The van der Waals surface area contributed by atoms with Crippen LogP contribution in [0.15, 0.2) is 83.8 Å². The Balaban J connectivity index is 2.02. The van der Waals surface area contributed by atoms with Crippen LogP contribution in [0.3, 0.4) is 0 Å². The summed E-state index contributed by atoms with van der Waals surface area (Å²) in [5, 5.41) is 2.95. The number of rotatable bonds is 13. The Hall–Kier alpha value is -3.65. The molecule has 1 unspecified atom stereocenters. The summed E-state index contributed by atoms with van der Waals surface area (Å²) in [5.41, 5.74) is 3.24. The number of nitrogens with zero attached hydrogens (tertiary/aromatic N) is 2. The number of unbranched alkanes of at least 4 members (excludes halogenated alkanes) is 1. The van der Waals surface area contributed by atoms with Gasteiger partial charge in [-0.3, -0.25) is 13.9 Å². The largest absolute Gasteiger partial charge is 0.354 e. The summed E-state index contributed by atoms with van der Waals surface area (Å²) >= 11 is 0. The van der Waals surface area contributed by atoms with E-state index < -0.39 is 28.5 Å². The monoisotopic (exact) mass is 549 g/mol. The van der Waals surface area contributed by atoms with Gasteiger partial charge in [0.25, 0.3) is 10.0 Å². The lowest BCUT2D eigenvalue weighted by Crippen LogP contribution is -2.52. The Morgan fingerprint density at radius 3 is 2.13 bits per heavy atom. The quantitative estimate of drug-likeness (QED) is 0.296. The van der Waals surface area contributed by atoms with Crippen LogP contribution in [0, 0.1) is 13.8 Å². The zero-order chi connectivity index (χ0) is 28.4. The van der Waals surface area contributed by atoms with Crippen LogP contribution >= 0.6 is 0 Å². The number of nitrogens with one attached hydrogen (secondary N) is 1. The van der Waals surface area contributed by atoms with Crippen molar-refractivity contribution in [2.75, 3.05) is 17.4 Å². The minimum absolute atomic E-state index is 0.0909. The Morgan fingerprint density at radius 1 is 0.872 bits per heavy atom. The van der Waals surface area contributed by atoms with Gasteiger partial charge in [0.2, 0.25) is 11.8 Å². The van der Waals surface area contributed by atoms with Crippen molar-refractivity contribution in [1.82, 2.24) is 10.2 Å². The maximum atomic E-state index is 14.1. The van der Waals surface area contributed by atoms with Crippen molar-refractivity contribution in [1.29, 1.82) is 0 Å². The van der Waals surface area contributed by atoms with Crippen molar-refractivity contribution in [3.8, 4) is 0 Å². The molecule has 3 aromatic rings. The van der Waals surface area contributed by atoms with Crippen LogP contribution in [0.25, 0.3) is 0 Å². The SMILES string of the molecule is CCCCNC(=O)C(CC)N(Cc1ccccc1C)C(=O)CN(c1ccc(C)cc1)S(=O)(=O)c1ccccc1. The van der Waals surface area contributed by atoms with E-state index in [9.17, 15) is 18.0 Å². The van der Waals surface area contributed by atoms with E-state index in [0.29, 0.717) is 18.7 Å². The van der Waals surface area contributed by atoms with Crippen LogP contribution in [-0.4, -0.2) is 44.3 Å². The molecule has 0 bridgehead atoms. The minimum atomic E-state index is -4.06. The van der Waals surface area contributed by atoms with Crippen molar-refractivity contribution in [3.05, 3.63) is 95.6 Å². The van der Waals surface area contributed by atoms with Gasteiger partial charge in [-0.25, -0.2) is 8.42 Å². The molecule has 0 fully saturated rings. The van der Waals surface area contributed by atoms with Gasteiger partial charge in [0.1, 0.15) is 12.6 Å². The van der Waals surface area contributed by atoms with Gasteiger partial charge in [-0.1, -0.05) is 80.4 Å². The highest BCUT2D eigenvalue weighted by Gasteiger charge is 2.33. The molecule has 1 atom stereocenters. The third-order valence-electron chi connectivity index (χ3n) is 6.75. The molecule has 208 valence electrons. The summed E-state index contributed by atoms with van der Waals surface area (Å²) in [6.45, 7) is 8.06. The lowest BCUT2D eigenvalue weighted by molar-refractivity contribution is -0.140. The van der Waals surface area contributed by atoms with Gasteiger partial charge in [-0.15, -0.1) is 0 Å². The smallest absolute Gasteiger partial charge is 0.264 e. The third-order valence-corrected chi connectivity index (χ3v) is 8.54.